The molecule has 2 aliphatic rings. The van der Waals surface area contributed by atoms with Crippen molar-refractivity contribution in [1.82, 2.24) is 5.01 Å². The molecule has 0 fully saturated rings. The van der Waals surface area contributed by atoms with Gasteiger partial charge < -0.3 is 4.74 Å². The number of hydrazone groups is 1. The highest BCUT2D eigenvalue weighted by molar-refractivity contribution is 9.10. The molecular weight excluding hydrogens is 364 g/mol. The summed E-state index contributed by atoms with van der Waals surface area (Å²) in [7, 11) is 0. The lowest BCUT2D eigenvalue weighted by molar-refractivity contribution is -0.111. The summed E-state index contributed by atoms with van der Waals surface area (Å²) in [5, 5.41) is 7.18. The number of hydrogen-bond acceptors (Lipinski definition) is 3. The van der Waals surface area contributed by atoms with Crippen LogP contribution in [0, 0.1) is 0 Å². The van der Waals surface area contributed by atoms with Gasteiger partial charge in [-0.25, -0.2) is 5.01 Å². The SMILES string of the molecule is CCC[C@@]1(C)Oc2ccccc2[C@@H]2CC(c3ccc(Br)cc3)=NN21. The first kappa shape index (κ1) is 15.7. The largest absolute Gasteiger partial charge is 0.466 e. The van der Waals surface area contributed by atoms with E-state index < -0.39 is 0 Å². The summed E-state index contributed by atoms with van der Waals surface area (Å²) in [5.41, 5.74) is 3.17. The molecule has 2 heterocycles. The van der Waals surface area contributed by atoms with Crippen LogP contribution >= 0.6 is 15.9 Å². The Labute approximate surface area is 151 Å². The van der Waals surface area contributed by atoms with E-state index in [-0.39, 0.29) is 11.8 Å². The molecule has 0 spiro atoms. The number of benzene rings is 2. The lowest BCUT2D eigenvalue weighted by Crippen LogP contribution is -2.51. The first-order valence-corrected chi connectivity index (χ1v) is 9.31. The smallest absolute Gasteiger partial charge is 0.195 e. The van der Waals surface area contributed by atoms with Gasteiger partial charge in [0.25, 0.3) is 0 Å². The summed E-state index contributed by atoms with van der Waals surface area (Å²) >= 11 is 3.50. The standard InChI is InChI=1S/C20H21BrN2O/c1-3-12-20(2)23-18(16-6-4-5-7-19(16)24-20)13-17(22-23)14-8-10-15(21)11-9-14/h4-11,18H,3,12-13H2,1-2H3/t18-,20+/m0/s1. The number of halogens is 1. The number of fused-ring (bicyclic) bond motifs is 3. The van der Waals surface area contributed by atoms with Crippen LogP contribution in [0.15, 0.2) is 58.1 Å². The molecule has 0 bridgehead atoms. The lowest BCUT2D eigenvalue weighted by Gasteiger charge is -2.45. The number of ether oxygens (including phenoxy) is 1. The van der Waals surface area contributed by atoms with Gasteiger partial charge in [-0.2, -0.15) is 5.10 Å². The highest BCUT2D eigenvalue weighted by Gasteiger charge is 2.46. The number of para-hydroxylation sites is 1. The van der Waals surface area contributed by atoms with Gasteiger partial charge in [0.15, 0.2) is 5.72 Å². The second kappa shape index (κ2) is 5.92. The van der Waals surface area contributed by atoms with Crippen molar-refractivity contribution in [2.75, 3.05) is 0 Å². The van der Waals surface area contributed by atoms with Crippen molar-refractivity contribution in [2.24, 2.45) is 5.10 Å². The molecule has 124 valence electrons. The van der Waals surface area contributed by atoms with Crippen molar-refractivity contribution in [3.05, 3.63) is 64.1 Å². The average Bonchev–Trinajstić information content (AvgIpc) is 3.02. The van der Waals surface area contributed by atoms with Gasteiger partial charge in [-0.15, -0.1) is 0 Å². The van der Waals surface area contributed by atoms with Crippen molar-refractivity contribution in [3.63, 3.8) is 0 Å². The maximum Gasteiger partial charge on any atom is 0.195 e. The van der Waals surface area contributed by atoms with E-state index in [1.807, 2.05) is 6.07 Å². The molecule has 0 N–H and O–H groups in total. The van der Waals surface area contributed by atoms with Crippen LogP contribution in [0.2, 0.25) is 0 Å². The molecule has 2 aromatic rings. The fourth-order valence-corrected chi connectivity index (χ4v) is 4.03. The Balaban J connectivity index is 1.76. The molecule has 4 heteroatoms. The van der Waals surface area contributed by atoms with E-state index in [1.54, 1.807) is 0 Å². The minimum atomic E-state index is -0.384. The van der Waals surface area contributed by atoms with Crippen LogP contribution in [0.1, 0.15) is 50.3 Å². The summed E-state index contributed by atoms with van der Waals surface area (Å²) < 4.78 is 7.48. The van der Waals surface area contributed by atoms with Gasteiger partial charge in [0.1, 0.15) is 5.75 Å². The second-order valence-corrected chi connectivity index (χ2v) is 7.60. The van der Waals surface area contributed by atoms with E-state index in [9.17, 15) is 0 Å². The highest BCUT2D eigenvalue weighted by Crippen LogP contribution is 2.47. The first-order valence-electron chi connectivity index (χ1n) is 8.51. The van der Waals surface area contributed by atoms with Gasteiger partial charge in [0.05, 0.1) is 11.8 Å². The summed E-state index contributed by atoms with van der Waals surface area (Å²) in [6.07, 6.45) is 2.93. The Morgan fingerprint density at radius 1 is 1.21 bits per heavy atom. The van der Waals surface area contributed by atoms with Gasteiger partial charge in [-0.05, 0) is 30.7 Å². The predicted octanol–water partition coefficient (Wildman–Crippen LogP) is 5.51. The van der Waals surface area contributed by atoms with E-state index in [0.717, 1.165) is 35.2 Å². The Morgan fingerprint density at radius 2 is 1.96 bits per heavy atom. The van der Waals surface area contributed by atoms with Gasteiger partial charge in [-0.3, -0.25) is 0 Å². The predicted molar refractivity (Wildman–Crippen MR) is 100 cm³/mol. The molecule has 0 unspecified atom stereocenters. The van der Waals surface area contributed by atoms with Crippen LogP contribution in [0.3, 0.4) is 0 Å². The van der Waals surface area contributed by atoms with Crippen LogP contribution < -0.4 is 4.74 Å². The van der Waals surface area contributed by atoms with Crippen LogP contribution in [0.5, 0.6) is 5.75 Å². The lowest BCUT2D eigenvalue weighted by atomic mass is 9.94. The second-order valence-electron chi connectivity index (χ2n) is 6.68. The Hall–Kier alpha value is -1.81. The zero-order chi connectivity index (χ0) is 16.7. The molecule has 0 saturated carbocycles. The van der Waals surface area contributed by atoms with Crippen LogP contribution in [0.25, 0.3) is 0 Å². The molecule has 0 saturated heterocycles. The third kappa shape index (κ3) is 2.53. The first-order chi connectivity index (χ1) is 11.6. The highest BCUT2D eigenvalue weighted by atomic mass is 79.9. The van der Waals surface area contributed by atoms with Crippen LogP contribution in [-0.4, -0.2) is 16.4 Å². The minimum absolute atomic E-state index is 0.255. The number of nitrogens with zero attached hydrogens (tertiary/aromatic N) is 2. The molecule has 24 heavy (non-hydrogen) atoms. The topological polar surface area (TPSA) is 24.8 Å². The molecule has 3 nitrogen and oxygen atoms in total. The zero-order valence-corrected chi connectivity index (χ0v) is 15.6. The molecule has 2 aromatic carbocycles. The van der Waals surface area contributed by atoms with E-state index in [4.69, 9.17) is 9.84 Å². The quantitative estimate of drug-likeness (QED) is 0.696. The molecule has 2 atom stereocenters. The number of rotatable bonds is 3. The summed E-state index contributed by atoms with van der Waals surface area (Å²) in [5.74, 6) is 1.00. The molecule has 0 radical (unpaired) electrons. The fraction of sp³-hybridized carbons (Fsp3) is 0.350. The van der Waals surface area contributed by atoms with Crippen LogP contribution in [-0.2, 0) is 0 Å². The maximum atomic E-state index is 6.39. The van der Waals surface area contributed by atoms with Crippen molar-refractivity contribution < 1.29 is 4.74 Å². The van der Waals surface area contributed by atoms with Crippen molar-refractivity contribution in [3.8, 4) is 5.75 Å². The maximum absolute atomic E-state index is 6.39. The van der Waals surface area contributed by atoms with E-state index in [1.165, 1.54) is 11.1 Å². The average molecular weight is 385 g/mol. The Morgan fingerprint density at radius 3 is 2.71 bits per heavy atom. The van der Waals surface area contributed by atoms with Gasteiger partial charge >= 0.3 is 0 Å². The normalized spacial score (nSPS) is 24.9. The number of hydrogen-bond donors (Lipinski definition) is 0. The van der Waals surface area contributed by atoms with E-state index in [2.05, 4.69) is 77.3 Å². The van der Waals surface area contributed by atoms with Gasteiger partial charge in [0.2, 0.25) is 0 Å². The fourth-order valence-electron chi connectivity index (χ4n) is 3.77. The molecule has 2 aliphatic heterocycles. The molecule has 0 aliphatic carbocycles. The monoisotopic (exact) mass is 384 g/mol. The molecule has 4 rings (SSSR count). The van der Waals surface area contributed by atoms with Crippen LogP contribution in [0.4, 0.5) is 0 Å². The summed E-state index contributed by atoms with van der Waals surface area (Å²) in [6, 6.07) is 17.0. The molecule has 0 amide bonds. The summed E-state index contributed by atoms with van der Waals surface area (Å²) in [6.45, 7) is 4.35. The Bertz CT molecular complexity index is 786. The van der Waals surface area contributed by atoms with Crippen molar-refractivity contribution in [1.29, 1.82) is 0 Å². The minimum Gasteiger partial charge on any atom is -0.466 e. The third-order valence-electron chi connectivity index (χ3n) is 4.89. The Kier molecular flexibility index (Phi) is 3.87. The van der Waals surface area contributed by atoms with Crippen molar-refractivity contribution in [2.45, 2.75) is 44.9 Å². The summed E-state index contributed by atoms with van der Waals surface area (Å²) in [4.78, 5) is 0. The molecular formula is C20H21BrN2O. The molecule has 0 aromatic heterocycles. The van der Waals surface area contributed by atoms with Crippen molar-refractivity contribution >= 4 is 21.6 Å². The third-order valence-corrected chi connectivity index (χ3v) is 5.42. The van der Waals surface area contributed by atoms with E-state index >= 15 is 0 Å². The van der Waals surface area contributed by atoms with E-state index in [0.29, 0.717) is 0 Å². The van der Waals surface area contributed by atoms with Gasteiger partial charge in [-0.1, -0.05) is 59.6 Å². The van der Waals surface area contributed by atoms with Gasteiger partial charge in [0, 0.05) is 22.9 Å². The zero-order valence-electron chi connectivity index (χ0n) is 14.0.